The van der Waals surface area contributed by atoms with Gasteiger partial charge in [-0.25, -0.2) is 8.42 Å². The van der Waals surface area contributed by atoms with E-state index in [1.54, 1.807) is 49.6 Å². The molecule has 2 aromatic rings. The average Bonchev–Trinajstić information content (AvgIpc) is 2.76. The van der Waals surface area contributed by atoms with E-state index in [0.29, 0.717) is 24.5 Å². The Kier molecular flexibility index (Phi) is 9.04. The smallest absolute Gasteiger partial charge is 0.251 e. The molecule has 0 heterocycles. The van der Waals surface area contributed by atoms with Crippen LogP contribution in [0.1, 0.15) is 22.3 Å². The topological polar surface area (TPSA) is 84.9 Å². The minimum Gasteiger partial charge on any atom is -0.497 e. The van der Waals surface area contributed by atoms with Crippen molar-refractivity contribution in [3.8, 4) is 5.75 Å². The minimum absolute atomic E-state index is 0.163. The van der Waals surface area contributed by atoms with Crippen molar-refractivity contribution < 1.29 is 22.7 Å². The zero-order chi connectivity index (χ0) is 22.0. The van der Waals surface area contributed by atoms with Crippen molar-refractivity contribution in [1.29, 1.82) is 0 Å². The number of rotatable bonds is 12. The maximum Gasteiger partial charge on any atom is 0.251 e. The molecule has 0 aliphatic rings. The van der Waals surface area contributed by atoms with Gasteiger partial charge in [0.1, 0.15) is 5.75 Å². The number of carbonyl (C=O) groups is 1. The number of methoxy groups -OCH3 is 2. The third-order valence-electron chi connectivity index (χ3n) is 4.42. The molecule has 30 heavy (non-hydrogen) atoms. The van der Waals surface area contributed by atoms with E-state index in [1.165, 1.54) is 23.5 Å². The van der Waals surface area contributed by atoms with Gasteiger partial charge in [-0.05, 0) is 48.4 Å². The fourth-order valence-electron chi connectivity index (χ4n) is 2.77. The van der Waals surface area contributed by atoms with Crippen molar-refractivity contribution in [3.05, 3.63) is 72.3 Å². The highest BCUT2D eigenvalue weighted by molar-refractivity contribution is 7.89. The van der Waals surface area contributed by atoms with Gasteiger partial charge in [-0.15, -0.1) is 6.58 Å². The quantitative estimate of drug-likeness (QED) is 0.412. The lowest BCUT2D eigenvalue weighted by atomic mass is 10.1. The number of ether oxygens (including phenoxy) is 2. The highest BCUT2D eigenvalue weighted by Crippen LogP contribution is 2.21. The standard InChI is InChI=1S/C22H28N2O5S/c1-4-15-24(30(26,27)21-12-10-20(29-3)11-13-21)17-18-6-8-19(9-7-18)22(25)23-14-5-16-28-2/h4,6-13H,1,5,14-17H2,2-3H3,(H,23,25). The predicted octanol–water partition coefficient (Wildman–Crippen LogP) is 2.84. The highest BCUT2D eigenvalue weighted by atomic mass is 32.2. The van der Waals surface area contributed by atoms with E-state index in [9.17, 15) is 13.2 Å². The Labute approximate surface area is 178 Å². The molecule has 0 spiro atoms. The van der Waals surface area contributed by atoms with Crippen LogP contribution in [0.25, 0.3) is 0 Å². The molecule has 0 saturated carbocycles. The zero-order valence-corrected chi connectivity index (χ0v) is 18.2. The van der Waals surface area contributed by atoms with E-state index in [2.05, 4.69) is 11.9 Å². The molecule has 2 rings (SSSR count). The Hall–Kier alpha value is -2.68. The largest absolute Gasteiger partial charge is 0.497 e. The van der Waals surface area contributed by atoms with Gasteiger partial charge >= 0.3 is 0 Å². The van der Waals surface area contributed by atoms with Crippen LogP contribution in [-0.2, 0) is 21.3 Å². The third-order valence-corrected chi connectivity index (χ3v) is 6.24. The molecule has 1 N–H and O–H groups in total. The second kappa shape index (κ2) is 11.5. The predicted molar refractivity (Wildman–Crippen MR) is 116 cm³/mol. The monoisotopic (exact) mass is 432 g/mol. The molecular formula is C22H28N2O5S. The summed E-state index contributed by atoms with van der Waals surface area (Å²) in [6, 6.07) is 13.1. The molecule has 0 atom stereocenters. The Morgan fingerprint density at radius 3 is 2.33 bits per heavy atom. The summed E-state index contributed by atoms with van der Waals surface area (Å²) in [5, 5.41) is 2.82. The van der Waals surface area contributed by atoms with E-state index in [1.807, 2.05) is 0 Å². The lowest BCUT2D eigenvalue weighted by Crippen LogP contribution is -2.31. The Morgan fingerprint density at radius 1 is 1.10 bits per heavy atom. The van der Waals surface area contributed by atoms with E-state index < -0.39 is 10.0 Å². The first kappa shape index (κ1) is 23.6. The van der Waals surface area contributed by atoms with Gasteiger partial charge < -0.3 is 14.8 Å². The number of hydrogen-bond acceptors (Lipinski definition) is 5. The number of nitrogens with one attached hydrogen (secondary N) is 1. The van der Waals surface area contributed by atoms with E-state index in [4.69, 9.17) is 9.47 Å². The molecule has 162 valence electrons. The van der Waals surface area contributed by atoms with Crippen LogP contribution in [0, 0.1) is 0 Å². The van der Waals surface area contributed by atoms with Crippen LogP contribution in [0.3, 0.4) is 0 Å². The summed E-state index contributed by atoms with van der Waals surface area (Å²) in [5.74, 6) is 0.409. The molecule has 0 bridgehead atoms. The molecule has 8 heteroatoms. The van der Waals surface area contributed by atoms with E-state index in [-0.39, 0.29) is 23.9 Å². The lowest BCUT2D eigenvalue weighted by Gasteiger charge is -2.21. The Balaban J connectivity index is 2.10. The molecule has 1 amide bonds. The second-order valence-corrected chi connectivity index (χ2v) is 8.50. The van der Waals surface area contributed by atoms with Crippen LogP contribution in [0.5, 0.6) is 5.75 Å². The third kappa shape index (κ3) is 6.41. The summed E-state index contributed by atoms with van der Waals surface area (Å²) >= 11 is 0. The van der Waals surface area contributed by atoms with Crippen LogP contribution < -0.4 is 10.1 Å². The lowest BCUT2D eigenvalue weighted by molar-refractivity contribution is 0.0948. The highest BCUT2D eigenvalue weighted by Gasteiger charge is 2.23. The van der Waals surface area contributed by atoms with Crippen molar-refractivity contribution in [2.24, 2.45) is 0 Å². The summed E-state index contributed by atoms with van der Waals surface area (Å²) in [6.07, 6.45) is 2.28. The first-order valence-electron chi connectivity index (χ1n) is 9.53. The van der Waals surface area contributed by atoms with Crippen molar-refractivity contribution in [2.75, 3.05) is 33.9 Å². The fourth-order valence-corrected chi connectivity index (χ4v) is 4.17. The fraction of sp³-hybridized carbons (Fsp3) is 0.318. The maximum atomic E-state index is 13.0. The van der Waals surface area contributed by atoms with Crippen molar-refractivity contribution in [1.82, 2.24) is 9.62 Å². The number of hydrogen-bond donors (Lipinski definition) is 1. The van der Waals surface area contributed by atoms with Crippen LogP contribution in [0.15, 0.2) is 66.1 Å². The van der Waals surface area contributed by atoms with Gasteiger partial charge in [0.15, 0.2) is 0 Å². The number of sulfonamides is 1. The van der Waals surface area contributed by atoms with Gasteiger partial charge in [-0.2, -0.15) is 4.31 Å². The summed E-state index contributed by atoms with van der Waals surface area (Å²) in [4.78, 5) is 12.3. The van der Waals surface area contributed by atoms with Gasteiger partial charge in [0.05, 0.1) is 12.0 Å². The van der Waals surface area contributed by atoms with Crippen molar-refractivity contribution >= 4 is 15.9 Å². The molecule has 7 nitrogen and oxygen atoms in total. The number of carbonyl (C=O) groups excluding carboxylic acids is 1. The van der Waals surface area contributed by atoms with Crippen LogP contribution in [0.2, 0.25) is 0 Å². The van der Waals surface area contributed by atoms with Gasteiger partial charge in [0.2, 0.25) is 10.0 Å². The normalized spacial score (nSPS) is 11.3. The first-order valence-corrected chi connectivity index (χ1v) is 11.0. The van der Waals surface area contributed by atoms with Gasteiger partial charge in [0.25, 0.3) is 5.91 Å². The average molecular weight is 433 g/mol. The molecule has 2 aromatic carbocycles. The molecule has 0 unspecified atom stereocenters. The molecular weight excluding hydrogens is 404 g/mol. The van der Waals surface area contributed by atoms with Gasteiger partial charge in [0, 0.05) is 38.9 Å². The molecule has 0 fully saturated rings. The number of amides is 1. The molecule has 0 saturated heterocycles. The van der Waals surface area contributed by atoms with Gasteiger partial charge in [-0.3, -0.25) is 4.79 Å². The van der Waals surface area contributed by atoms with E-state index in [0.717, 1.165) is 12.0 Å². The Bertz CT molecular complexity index is 925. The second-order valence-electron chi connectivity index (χ2n) is 6.56. The van der Waals surface area contributed by atoms with Crippen LogP contribution in [0.4, 0.5) is 0 Å². The molecule has 0 radical (unpaired) electrons. The SMILES string of the molecule is C=CCN(Cc1ccc(C(=O)NCCCOC)cc1)S(=O)(=O)c1ccc(OC)cc1. The molecule has 0 aromatic heterocycles. The summed E-state index contributed by atoms with van der Waals surface area (Å²) < 4.78 is 37.5. The van der Waals surface area contributed by atoms with Crippen molar-refractivity contribution in [3.63, 3.8) is 0 Å². The minimum atomic E-state index is -3.71. The number of benzene rings is 2. The van der Waals surface area contributed by atoms with E-state index >= 15 is 0 Å². The molecule has 0 aliphatic carbocycles. The zero-order valence-electron chi connectivity index (χ0n) is 17.3. The van der Waals surface area contributed by atoms with Crippen LogP contribution >= 0.6 is 0 Å². The van der Waals surface area contributed by atoms with Crippen molar-refractivity contribution in [2.45, 2.75) is 17.9 Å². The summed E-state index contributed by atoms with van der Waals surface area (Å²) in [6.45, 7) is 5.11. The number of nitrogens with zero attached hydrogens (tertiary/aromatic N) is 1. The first-order chi connectivity index (χ1) is 14.4. The van der Waals surface area contributed by atoms with Gasteiger partial charge in [-0.1, -0.05) is 18.2 Å². The maximum absolute atomic E-state index is 13.0. The van der Waals surface area contributed by atoms with Crippen LogP contribution in [-0.4, -0.2) is 52.5 Å². The summed E-state index contributed by atoms with van der Waals surface area (Å²) in [7, 11) is -0.574. The Morgan fingerprint density at radius 2 is 1.77 bits per heavy atom. The summed E-state index contributed by atoms with van der Waals surface area (Å²) in [5.41, 5.74) is 1.29. The molecule has 0 aliphatic heterocycles.